The molecule has 7 heteroatoms. The van der Waals surface area contributed by atoms with E-state index >= 15 is 0 Å². The first-order valence-corrected chi connectivity index (χ1v) is 7.91. The Hall–Kier alpha value is -3.22. The van der Waals surface area contributed by atoms with Gasteiger partial charge >= 0.3 is 5.97 Å². The minimum absolute atomic E-state index is 0.0983. The van der Waals surface area contributed by atoms with E-state index in [1.165, 1.54) is 14.2 Å². The van der Waals surface area contributed by atoms with Crippen molar-refractivity contribution in [3.63, 3.8) is 0 Å². The number of benzene rings is 2. The lowest BCUT2D eigenvalue weighted by atomic mass is 9.91. The van der Waals surface area contributed by atoms with Gasteiger partial charge in [-0.1, -0.05) is 6.07 Å². The Balaban J connectivity index is 1.84. The maximum absolute atomic E-state index is 12.6. The summed E-state index contributed by atoms with van der Waals surface area (Å²) >= 11 is 0. The summed E-state index contributed by atoms with van der Waals surface area (Å²) in [5.74, 6) is -0.446. The number of carboxylic acid groups (broad SMARTS) is 1. The van der Waals surface area contributed by atoms with Crippen molar-refractivity contribution >= 4 is 11.8 Å². The van der Waals surface area contributed by atoms with Crippen LogP contribution in [0.4, 0.5) is 0 Å². The zero-order chi connectivity index (χ0) is 18.7. The summed E-state index contributed by atoms with van der Waals surface area (Å²) in [4.78, 5) is 24.3. The van der Waals surface area contributed by atoms with Gasteiger partial charge in [-0.15, -0.1) is 0 Å². The molecule has 0 spiro atoms. The molecule has 0 aliphatic carbocycles. The molecule has 0 bridgehead atoms. The van der Waals surface area contributed by atoms with E-state index in [2.05, 4.69) is 0 Å². The van der Waals surface area contributed by atoms with E-state index in [9.17, 15) is 14.7 Å². The van der Waals surface area contributed by atoms with Crippen LogP contribution in [-0.4, -0.2) is 37.9 Å². The zero-order valence-electron chi connectivity index (χ0n) is 14.4. The van der Waals surface area contributed by atoms with Gasteiger partial charge in [0.25, 0.3) is 0 Å². The molecular formula is C19H18O7. The van der Waals surface area contributed by atoms with Gasteiger partial charge in [-0.25, -0.2) is 0 Å². The van der Waals surface area contributed by atoms with E-state index in [-0.39, 0.29) is 19.0 Å². The Morgan fingerprint density at radius 2 is 1.77 bits per heavy atom. The molecule has 0 saturated carbocycles. The van der Waals surface area contributed by atoms with Gasteiger partial charge in [-0.05, 0) is 35.9 Å². The van der Waals surface area contributed by atoms with Crippen LogP contribution in [0, 0.1) is 0 Å². The molecule has 0 saturated heterocycles. The average Bonchev–Trinajstić information content (AvgIpc) is 3.12. The maximum atomic E-state index is 12.6. The van der Waals surface area contributed by atoms with Gasteiger partial charge in [0, 0.05) is 12.0 Å². The van der Waals surface area contributed by atoms with Crippen molar-refractivity contribution in [2.24, 2.45) is 0 Å². The second kappa shape index (κ2) is 7.35. The second-order valence-corrected chi connectivity index (χ2v) is 5.70. The minimum Gasteiger partial charge on any atom is -0.493 e. The van der Waals surface area contributed by atoms with Crippen LogP contribution in [0.3, 0.4) is 0 Å². The van der Waals surface area contributed by atoms with Crippen molar-refractivity contribution in [2.75, 3.05) is 21.0 Å². The Bertz CT molecular complexity index is 844. The molecule has 0 aromatic heterocycles. The summed E-state index contributed by atoms with van der Waals surface area (Å²) in [5.41, 5.74) is 0.838. The molecule has 3 rings (SSSR count). The van der Waals surface area contributed by atoms with Gasteiger partial charge in [0.2, 0.25) is 6.79 Å². The molecule has 0 fully saturated rings. The van der Waals surface area contributed by atoms with Gasteiger partial charge in [0.05, 0.1) is 20.1 Å². The van der Waals surface area contributed by atoms with E-state index in [1.807, 2.05) is 0 Å². The number of ether oxygens (including phenoxy) is 4. The van der Waals surface area contributed by atoms with Crippen molar-refractivity contribution in [2.45, 2.75) is 12.3 Å². The number of carbonyl (C=O) groups excluding carboxylic acids is 1. The highest BCUT2D eigenvalue weighted by atomic mass is 16.7. The van der Waals surface area contributed by atoms with Gasteiger partial charge in [-0.3, -0.25) is 9.59 Å². The lowest BCUT2D eigenvalue weighted by Crippen LogP contribution is -2.16. The van der Waals surface area contributed by atoms with Crippen molar-refractivity contribution < 1.29 is 33.6 Å². The number of carboxylic acids is 1. The normalized spacial score (nSPS) is 13.2. The van der Waals surface area contributed by atoms with Gasteiger partial charge < -0.3 is 24.1 Å². The first-order valence-electron chi connectivity index (χ1n) is 7.91. The number of Topliss-reactive ketones (excluding diaryl/α,β-unsaturated/α-hetero) is 1. The van der Waals surface area contributed by atoms with E-state index < -0.39 is 11.9 Å². The SMILES string of the molecule is COc1ccc(C(=O)C[C@@H](C(=O)O)c2ccc3c(c2)OCO3)cc1OC. The summed E-state index contributed by atoms with van der Waals surface area (Å²) < 4.78 is 20.8. The fraction of sp³-hybridized carbons (Fsp3) is 0.263. The molecule has 0 amide bonds. The third-order valence-electron chi connectivity index (χ3n) is 4.19. The van der Waals surface area contributed by atoms with Gasteiger partial charge in [0.1, 0.15) is 0 Å². The van der Waals surface area contributed by atoms with Crippen molar-refractivity contribution in [3.8, 4) is 23.0 Å². The van der Waals surface area contributed by atoms with Crippen LogP contribution in [0.5, 0.6) is 23.0 Å². The number of hydrogen-bond donors (Lipinski definition) is 1. The molecule has 2 aromatic carbocycles. The molecule has 1 heterocycles. The summed E-state index contributed by atoms with van der Waals surface area (Å²) in [6, 6.07) is 9.62. The van der Waals surface area contributed by atoms with E-state index in [4.69, 9.17) is 18.9 Å². The summed E-state index contributed by atoms with van der Waals surface area (Å²) in [5, 5.41) is 9.58. The minimum atomic E-state index is -1.09. The van der Waals surface area contributed by atoms with Crippen molar-refractivity contribution in [1.29, 1.82) is 0 Å². The van der Waals surface area contributed by atoms with Crippen LogP contribution in [0.2, 0.25) is 0 Å². The predicted octanol–water partition coefficient (Wildman–Crippen LogP) is 2.87. The fourth-order valence-electron chi connectivity index (χ4n) is 2.79. The molecule has 26 heavy (non-hydrogen) atoms. The van der Waals surface area contributed by atoms with Gasteiger partial charge in [0.15, 0.2) is 28.8 Å². The first-order chi connectivity index (χ1) is 12.5. The standard InChI is InChI=1S/C19H18O7/c1-23-15-5-4-12(8-17(15)24-2)14(20)9-13(19(21)22)11-3-6-16-18(7-11)26-10-25-16/h3-8,13H,9-10H2,1-2H3,(H,21,22)/t13-/m1/s1. The number of rotatable bonds is 7. The highest BCUT2D eigenvalue weighted by molar-refractivity contribution is 5.99. The van der Waals surface area contributed by atoms with Crippen LogP contribution < -0.4 is 18.9 Å². The molecular weight excluding hydrogens is 340 g/mol. The highest BCUT2D eigenvalue weighted by Gasteiger charge is 2.26. The topological polar surface area (TPSA) is 91.3 Å². The Kier molecular flexibility index (Phi) is 4.97. The highest BCUT2D eigenvalue weighted by Crippen LogP contribution is 2.36. The number of hydrogen-bond acceptors (Lipinski definition) is 6. The van der Waals surface area contributed by atoms with Crippen LogP contribution in [0.15, 0.2) is 36.4 Å². The number of methoxy groups -OCH3 is 2. The summed E-state index contributed by atoms with van der Waals surface area (Å²) in [6.07, 6.45) is -0.190. The van der Waals surface area contributed by atoms with Crippen LogP contribution in [0.25, 0.3) is 0 Å². The lowest BCUT2D eigenvalue weighted by molar-refractivity contribution is -0.138. The van der Waals surface area contributed by atoms with E-state index in [0.29, 0.717) is 34.1 Å². The Morgan fingerprint density at radius 1 is 1.04 bits per heavy atom. The molecule has 136 valence electrons. The third kappa shape index (κ3) is 3.42. The molecule has 0 radical (unpaired) electrons. The van der Waals surface area contributed by atoms with Crippen LogP contribution in [0.1, 0.15) is 28.3 Å². The molecule has 1 aliphatic rings. The smallest absolute Gasteiger partial charge is 0.311 e. The molecule has 7 nitrogen and oxygen atoms in total. The van der Waals surface area contributed by atoms with E-state index in [1.54, 1.807) is 36.4 Å². The number of aliphatic carboxylic acids is 1. The van der Waals surface area contributed by atoms with Crippen molar-refractivity contribution in [1.82, 2.24) is 0 Å². The molecule has 1 N–H and O–H groups in total. The number of fused-ring (bicyclic) bond motifs is 1. The lowest BCUT2D eigenvalue weighted by Gasteiger charge is -2.14. The Labute approximate surface area is 150 Å². The van der Waals surface area contributed by atoms with E-state index in [0.717, 1.165) is 0 Å². The molecule has 1 aliphatic heterocycles. The second-order valence-electron chi connectivity index (χ2n) is 5.70. The fourth-order valence-corrected chi connectivity index (χ4v) is 2.79. The van der Waals surface area contributed by atoms with Crippen LogP contribution >= 0.6 is 0 Å². The Morgan fingerprint density at radius 3 is 2.46 bits per heavy atom. The van der Waals surface area contributed by atoms with Crippen LogP contribution in [-0.2, 0) is 4.79 Å². The predicted molar refractivity (Wildman–Crippen MR) is 91.4 cm³/mol. The average molecular weight is 358 g/mol. The van der Waals surface area contributed by atoms with Crippen molar-refractivity contribution in [3.05, 3.63) is 47.5 Å². The first kappa shape index (κ1) is 17.6. The monoisotopic (exact) mass is 358 g/mol. The molecule has 2 aromatic rings. The third-order valence-corrected chi connectivity index (χ3v) is 4.19. The molecule has 1 atom stereocenters. The van der Waals surface area contributed by atoms with Gasteiger partial charge in [-0.2, -0.15) is 0 Å². The zero-order valence-corrected chi connectivity index (χ0v) is 14.4. The largest absolute Gasteiger partial charge is 0.493 e. The summed E-state index contributed by atoms with van der Waals surface area (Å²) in [6.45, 7) is 0.0983. The number of ketones is 1. The number of carbonyl (C=O) groups is 2. The maximum Gasteiger partial charge on any atom is 0.311 e. The summed E-state index contributed by atoms with van der Waals surface area (Å²) in [7, 11) is 2.97. The quantitative estimate of drug-likeness (QED) is 0.761. The molecule has 0 unspecified atom stereocenters.